The largest absolute Gasteiger partial charge is 0.309 e. The minimum absolute atomic E-state index is 1.01. The molecule has 0 aliphatic carbocycles. The smallest absolute Gasteiger partial charge is 0.0620 e. The summed E-state index contributed by atoms with van der Waals surface area (Å²) in [4.78, 5) is 0. The van der Waals surface area contributed by atoms with Gasteiger partial charge in [-0.25, -0.2) is 0 Å². The number of pyridine rings is 1. The molecule has 0 bridgehead atoms. The minimum Gasteiger partial charge on any atom is -0.309 e. The van der Waals surface area contributed by atoms with Crippen LogP contribution >= 0.6 is 0 Å². The van der Waals surface area contributed by atoms with Crippen LogP contribution in [0.15, 0.2) is 188 Å². The summed E-state index contributed by atoms with van der Waals surface area (Å²) in [5, 5.41) is 7.07. The van der Waals surface area contributed by atoms with Crippen LogP contribution in [-0.2, 0) is 0 Å². The highest BCUT2D eigenvalue weighted by Crippen LogP contribution is 2.43. The second-order valence-electron chi connectivity index (χ2n) is 13.4. The van der Waals surface area contributed by atoms with Gasteiger partial charge in [0.2, 0.25) is 0 Å². The van der Waals surface area contributed by atoms with Crippen LogP contribution in [0.4, 0.5) is 0 Å². The van der Waals surface area contributed by atoms with Gasteiger partial charge in [-0.1, -0.05) is 164 Å². The maximum atomic E-state index is 4.74. The first-order chi connectivity index (χ1) is 25.2. The summed E-state index contributed by atoms with van der Waals surface area (Å²) < 4.78 is 2.39. The van der Waals surface area contributed by atoms with Crippen molar-refractivity contribution >= 4 is 44.5 Å². The number of fused-ring (bicyclic) bond motifs is 5. The molecule has 8 aromatic carbocycles. The van der Waals surface area contributed by atoms with Crippen molar-refractivity contribution in [2.75, 3.05) is 0 Å². The van der Waals surface area contributed by atoms with Gasteiger partial charge in [-0.15, -0.1) is 0 Å². The predicted octanol–water partition coefficient (Wildman–Crippen LogP) is 12.9. The second kappa shape index (κ2) is 11.7. The first kappa shape index (κ1) is 29.2. The molecule has 0 aliphatic rings. The lowest BCUT2D eigenvalue weighted by Gasteiger charge is -2.14. The number of aromatic nitrogens is 1. The van der Waals surface area contributed by atoms with Crippen molar-refractivity contribution in [3.05, 3.63) is 193 Å². The molecule has 2 aromatic heterocycles. The molecule has 0 amide bonds. The Morgan fingerprint density at radius 3 is 1.31 bits per heavy atom. The average Bonchev–Trinajstić information content (AvgIpc) is 3.54. The Hall–Kier alpha value is -6.70. The Morgan fingerprint density at radius 1 is 0.294 bits per heavy atom. The molecule has 51 heavy (non-hydrogen) atoms. The van der Waals surface area contributed by atoms with Crippen molar-refractivity contribution in [3.8, 4) is 55.6 Å². The van der Waals surface area contributed by atoms with Gasteiger partial charge in [0.05, 0.1) is 11.0 Å². The Labute approximate surface area is 297 Å². The van der Waals surface area contributed by atoms with Gasteiger partial charge in [0.25, 0.3) is 0 Å². The molecular formula is C50H33N. The van der Waals surface area contributed by atoms with Crippen LogP contribution in [0.25, 0.3) is 100 Å². The van der Waals surface area contributed by atoms with Crippen molar-refractivity contribution in [2.24, 2.45) is 0 Å². The summed E-state index contributed by atoms with van der Waals surface area (Å²) in [6, 6.07) is 68.3. The van der Waals surface area contributed by atoms with Gasteiger partial charge in [0.15, 0.2) is 0 Å². The Kier molecular flexibility index (Phi) is 6.72. The maximum absolute atomic E-state index is 4.74. The van der Waals surface area contributed by atoms with Gasteiger partial charge in [-0.3, -0.25) is 0 Å². The average molecular weight is 648 g/mol. The predicted molar refractivity (Wildman–Crippen MR) is 218 cm³/mol. The van der Waals surface area contributed by atoms with Crippen LogP contribution < -0.4 is 5.35 Å². The molecule has 0 atom stereocenters. The van der Waals surface area contributed by atoms with E-state index in [-0.39, 0.29) is 0 Å². The molecular weight excluding hydrogens is 615 g/mol. The van der Waals surface area contributed by atoms with Gasteiger partial charge in [-0.05, 0) is 91.4 Å². The van der Waals surface area contributed by atoms with Gasteiger partial charge in [-0.2, -0.15) is 0 Å². The summed E-state index contributed by atoms with van der Waals surface area (Å²) >= 11 is 0. The second-order valence-corrected chi connectivity index (χ2v) is 13.4. The van der Waals surface area contributed by atoms with Crippen LogP contribution in [0.5, 0.6) is 0 Å². The van der Waals surface area contributed by atoms with E-state index in [0.717, 1.165) is 10.7 Å². The molecule has 0 aliphatic heterocycles. The van der Waals surface area contributed by atoms with Gasteiger partial charge in [0.1, 0.15) is 0 Å². The third-order valence-corrected chi connectivity index (χ3v) is 10.5. The van der Waals surface area contributed by atoms with E-state index in [9.17, 15) is 0 Å². The highest BCUT2D eigenvalue weighted by molar-refractivity contribution is 6.22. The first-order valence-electron chi connectivity index (χ1n) is 17.5. The minimum atomic E-state index is 1.01. The number of benzene rings is 8. The van der Waals surface area contributed by atoms with E-state index in [2.05, 4.69) is 192 Å². The Bertz CT molecular complexity index is 2950. The van der Waals surface area contributed by atoms with Crippen molar-refractivity contribution in [3.63, 3.8) is 0 Å². The molecule has 0 spiro atoms. The van der Waals surface area contributed by atoms with Crippen molar-refractivity contribution in [1.82, 2.24) is 4.40 Å². The standard InChI is InChI=1S/C50H33N/c1-33-40-27-25-37(34-15-5-2-6-16-34)29-45(40)47-31-39(44-24-14-12-22-42(44)36-19-9-4-10-20-36)32-48-46-30-38(26-28-49(46)51(33)50(47)48)43-23-13-11-21-41(43)35-17-7-3-8-18-35/h2-32H,1H2. The van der Waals surface area contributed by atoms with E-state index in [4.69, 9.17) is 6.58 Å². The summed E-state index contributed by atoms with van der Waals surface area (Å²) in [5.41, 5.74) is 14.5. The molecule has 0 radical (unpaired) electrons. The third-order valence-electron chi connectivity index (χ3n) is 10.5. The van der Waals surface area contributed by atoms with Crippen LogP contribution in [0, 0.1) is 0 Å². The van der Waals surface area contributed by atoms with E-state index < -0.39 is 0 Å². The molecule has 0 N–H and O–H groups in total. The van der Waals surface area contributed by atoms with Crippen LogP contribution in [0.2, 0.25) is 0 Å². The summed E-state index contributed by atoms with van der Waals surface area (Å²) in [6.07, 6.45) is 0. The quantitative estimate of drug-likeness (QED) is 0.164. The van der Waals surface area contributed by atoms with E-state index >= 15 is 0 Å². The van der Waals surface area contributed by atoms with Crippen molar-refractivity contribution < 1.29 is 0 Å². The van der Waals surface area contributed by atoms with E-state index in [1.807, 2.05) is 0 Å². The fourth-order valence-corrected chi connectivity index (χ4v) is 8.11. The molecule has 10 aromatic rings. The SMILES string of the molecule is C=c1c2ccc(-c3ccccc3)cc2c2cc(-c3ccccc3-c3ccccc3)cc3c4cc(-c5ccccc5-c5ccccc5)ccc4n1c23. The first-order valence-corrected chi connectivity index (χ1v) is 17.5. The molecule has 0 saturated heterocycles. The van der Waals surface area contributed by atoms with Gasteiger partial charge in [0, 0.05) is 26.9 Å². The lowest BCUT2D eigenvalue weighted by Crippen LogP contribution is -2.12. The number of hydrogen-bond acceptors (Lipinski definition) is 0. The number of rotatable bonds is 5. The molecule has 0 fully saturated rings. The Morgan fingerprint density at radius 2 is 0.725 bits per heavy atom. The summed E-state index contributed by atoms with van der Waals surface area (Å²) in [5.74, 6) is 0. The van der Waals surface area contributed by atoms with Crippen LogP contribution in [-0.4, -0.2) is 4.40 Å². The molecule has 0 saturated carbocycles. The Balaban J connectivity index is 1.32. The fourth-order valence-electron chi connectivity index (χ4n) is 8.11. The van der Waals surface area contributed by atoms with Crippen LogP contribution in [0.3, 0.4) is 0 Å². The fraction of sp³-hybridized carbons (Fsp3) is 0. The molecule has 1 heteroatoms. The topological polar surface area (TPSA) is 4.41 Å². The molecule has 2 heterocycles. The van der Waals surface area contributed by atoms with Crippen molar-refractivity contribution in [2.45, 2.75) is 0 Å². The lowest BCUT2D eigenvalue weighted by atomic mass is 9.91. The van der Waals surface area contributed by atoms with E-state index in [1.165, 1.54) is 88.2 Å². The maximum Gasteiger partial charge on any atom is 0.0620 e. The lowest BCUT2D eigenvalue weighted by molar-refractivity contribution is 1.23. The van der Waals surface area contributed by atoms with E-state index in [0.29, 0.717) is 0 Å². The zero-order valence-electron chi connectivity index (χ0n) is 28.1. The van der Waals surface area contributed by atoms with E-state index in [1.54, 1.807) is 0 Å². The van der Waals surface area contributed by atoms with Gasteiger partial charge < -0.3 is 4.40 Å². The molecule has 1 nitrogen and oxygen atoms in total. The summed E-state index contributed by atoms with van der Waals surface area (Å²) in [7, 11) is 0. The highest BCUT2D eigenvalue weighted by Gasteiger charge is 2.20. The molecule has 10 rings (SSSR count). The highest BCUT2D eigenvalue weighted by atomic mass is 14.9. The zero-order chi connectivity index (χ0) is 33.9. The number of hydrogen-bond donors (Lipinski definition) is 0. The zero-order valence-corrected chi connectivity index (χ0v) is 28.1. The normalized spacial score (nSPS) is 11.6. The third kappa shape index (κ3) is 4.70. The monoisotopic (exact) mass is 647 g/mol. The molecule has 238 valence electrons. The summed E-state index contributed by atoms with van der Waals surface area (Å²) in [6.45, 7) is 4.74. The van der Waals surface area contributed by atoms with Crippen molar-refractivity contribution in [1.29, 1.82) is 0 Å². The van der Waals surface area contributed by atoms with Gasteiger partial charge >= 0.3 is 0 Å². The van der Waals surface area contributed by atoms with Crippen LogP contribution in [0.1, 0.15) is 0 Å². The molecule has 0 unspecified atom stereocenters. The number of nitrogens with zero attached hydrogens (tertiary/aromatic N) is 1.